The fourth-order valence-electron chi connectivity index (χ4n) is 4.47. The molecular formula is C30H37N5O3. The third-order valence-corrected chi connectivity index (χ3v) is 6.53. The van der Waals surface area contributed by atoms with Crippen LogP contribution in [0.4, 0.5) is 27.5 Å². The molecule has 8 nitrogen and oxygen atoms in total. The number of nitrogens with one attached hydrogen (secondary N) is 3. The van der Waals surface area contributed by atoms with E-state index in [0.29, 0.717) is 29.4 Å². The minimum Gasteiger partial charge on any atom is -0.495 e. The lowest BCUT2D eigenvalue weighted by Gasteiger charge is -2.38. The highest BCUT2D eigenvalue weighted by Crippen LogP contribution is 2.31. The molecule has 3 aromatic rings. The Labute approximate surface area is 225 Å². The predicted molar refractivity (Wildman–Crippen MR) is 155 cm³/mol. The number of rotatable bonds is 8. The summed E-state index contributed by atoms with van der Waals surface area (Å²) >= 11 is 0. The largest absolute Gasteiger partial charge is 0.495 e. The van der Waals surface area contributed by atoms with Crippen molar-refractivity contribution in [1.29, 1.82) is 0 Å². The fraction of sp³-hybridized carbons (Fsp3) is 0.333. The number of carbonyl (C=O) groups is 2. The number of ether oxygens (including phenoxy) is 1. The number of methoxy groups -OCH3 is 1. The van der Waals surface area contributed by atoms with Crippen LogP contribution in [-0.2, 0) is 0 Å². The Hall–Kier alpha value is -4.20. The van der Waals surface area contributed by atoms with Crippen LogP contribution in [0, 0.1) is 12.8 Å². The number of para-hydroxylation sites is 2. The molecule has 1 saturated heterocycles. The molecule has 8 heteroatoms. The van der Waals surface area contributed by atoms with Crippen LogP contribution in [0.15, 0.2) is 66.7 Å². The van der Waals surface area contributed by atoms with Crippen molar-refractivity contribution in [2.75, 3.05) is 60.3 Å². The average molecular weight is 516 g/mol. The number of urea groups is 1. The topological polar surface area (TPSA) is 85.9 Å². The first kappa shape index (κ1) is 26.9. The molecule has 0 aromatic heterocycles. The van der Waals surface area contributed by atoms with E-state index in [2.05, 4.69) is 45.7 Å². The SMILES string of the molecule is COc1ccccc1N1CCN(c2ccc(NC(=O)Nc3ccc(C)cc3)cc2C(=O)NCC(C)C)CC1. The second-order valence-electron chi connectivity index (χ2n) is 9.93. The zero-order chi connectivity index (χ0) is 27.1. The quantitative estimate of drug-likeness (QED) is 0.376. The van der Waals surface area contributed by atoms with Gasteiger partial charge >= 0.3 is 6.03 Å². The van der Waals surface area contributed by atoms with Gasteiger partial charge in [0, 0.05) is 49.8 Å². The van der Waals surface area contributed by atoms with Crippen molar-refractivity contribution in [3.05, 3.63) is 77.9 Å². The highest BCUT2D eigenvalue weighted by molar-refractivity contribution is 6.04. The number of piperazine rings is 1. The molecule has 0 atom stereocenters. The second kappa shape index (κ2) is 12.4. The molecular weight excluding hydrogens is 478 g/mol. The number of hydrogen-bond acceptors (Lipinski definition) is 5. The molecule has 0 aliphatic carbocycles. The van der Waals surface area contributed by atoms with E-state index in [9.17, 15) is 9.59 Å². The summed E-state index contributed by atoms with van der Waals surface area (Å²) in [5, 5.41) is 8.74. The van der Waals surface area contributed by atoms with E-state index >= 15 is 0 Å². The maximum Gasteiger partial charge on any atom is 0.323 e. The first-order valence-corrected chi connectivity index (χ1v) is 13.0. The number of nitrogens with zero attached hydrogens (tertiary/aromatic N) is 2. The summed E-state index contributed by atoms with van der Waals surface area (Å²) in [7, 11) is 1.69. The third kappa shape index (κ3) is 6.76. The van der Waals surface area contributed by atoms with Crippen LogP contribution in [0.5, 0.6) is 5.75 Å². The second-order valence-corrected chi connectivity index (χ2v) is 9.93. The van der Waals surface area contributed by atoms with Crippen LogP contribution in [0.2, 0.25) is 0 Å². The number of hydrogen-bond donors (Lipinski definition) is 3. The van der Waals surface area contributed by atoms with Crippen LogP contribution in [0.1, 0.15) is 29.8 Å². The van der Waals surface area contributed by atoms with Crippen molar-refractivity contribution in [2.24, 2.45) is 5.92 Å². The fourth-order valence-corrected chi connectivity index (χ4v) is 4.47. The normalized spacial score (nSPS) is 13.3. The maximum absolute atomic E-state index is 13.2. The van der Waals surface area contributed by atoms with Crippen molar-refractivity contribution in [3.63, 3.8) is 0 Å². The molecule has 3 aromatic carbocycles. The van der Waals surface area contributed by atoms with Gasteiger partial charge in [0.05, 0.1) is 18.4 Å². The van der Waals surface area contributed by atoms with Crippen molar-refractivity contribution < 1.29 is 14.3 Å². The van der Waals surface area contributed by atoms with Crippen LogP contribution in [-0.4, -0.2) is 51.8 Å². The van der Waals surface area contributed by atoms with Gasteiger partial charge in [0.25, 0.3) is 5.91 Å². The molecule has 0 radical (unpaired) electrons. The third-order valence-electron chi connectivity index (χ3n) is 6.53. The van der Waals surface area contributed by atoms with Gasteiger partial charge in [0.1, 0.15) is 5.75 Å². The van der Waals surface area contributed by atoms with Gasteiger partial charge in [0.15, 0.2) is 0 Å². The van der Waals surface area contributed by atoms with Gasteiger partial charge in [-0.05, 0) is 55.3 Å². The number of carbonyl (C=O) groups excluding carboxylic acids is 2. The zero-order valence-electron chi connectivity index (χ0n) is 22.6. The molecule has 3 N–H and O–H groups in total. The standard InChI is InChI=1S/C30H37N5O3/c1-21(2)20-31-29(36)25-19-24(33-30(37)32-23-11-9-22(3)10-12-23)13-14-26(25)34-15-17-35(18-16-34)27-7-5-6-8-28(27)38-4/h5-14,19,21H,15-18,20H2,1-4H3,(H,31,36)(H2,32,33,37). The van der Waals surface area contributed by atoms with Gasteiger partial charge in [-0.3, -0.25) is 4.79 Å². The van der Waals surface area contributed by atoms with Gasteiger partial charge in [0.2, 0.25) is 0 Å². The Bertz CT molecular complexity index is 1250. The molecule has 0 bridgehead atoms. The summed E-state index contributed by atoms with van der Waals surface area (Å²) in [6.45, 7) is 9.80. The molecule has 0 spiro atoms. The van der Waals surface area contributed by atoms with E-state index in [0.717, 1.165) is 48.9 Å². The van der Waals surface area contributed by atoms with Gasteiger partial charge < -0.3 is 30.5 Å². The summed E-state index contributed by atoms with van der Waals surface area (Å²) in [4.78, 5) is 30.4. The Morgan fingerprint density at radius 2 is 1.45 bits per heavy atom. The lowest BCUT2D eigenvalue weighted by Crippen LogP contribution is -2.47. The molecule has 200 valence electrons. The first-order chi connectivity index (χ1) is 18.3. The average Bonchev–Trinajstić information content (AvgIpc) is 2.93. The summed E-state index contributed by atoms with van der Waals surface area (Å²) in [5.74, 6) is 1.03. The molecule has 38 heavy (non-hydrogen) atoms. The van der Waals surface area contributed by atoms with Crippen molar-refractivity contribution in [1.82, 2.24) is 5.32 Å². The molecule has 3 amide bonds. The lowest BCUT2D eigenvalue weighted by atomic mass is 10.1. The van der Waals surface area contributed by atoms with Crippen molar-refractivity contribution >= 4 is 34.7 Å². The maximum atomic E-state index is 13.2. The minimum atomic E-state index is -0.361. The van der Waals surface area contributed by atoms with Gasteiger partial charge in [-0.25, -0.2) is 4.79 Å². The summed E-state index contributed by atoms with van der Waals surface area (Å²) in [5.41, 5.74) is 4.85. The molecule has 1 aliphatic heterocycles. The zero-order valence-corrected chi connectivity index (χ0v) is 22.6. The summed E-state index contributed by atoms with van der Waals surface area (Å²) in [6, 6.07) is 20.8. The number of aryl methyl sites for hydroxylation is 1. The van der Waals surface area contributed by atoms with Gasteiger partial charge in [-0.1, -0.05) is 43.7 Å². The summed E-state index contributed by atoms with van der Waals surface area (Å²) < 4.78 is 5.55. The van der Waals surface area contributed by atoms with Crippen molar-refractivity contribution in [3.8, 4) is 5.75 Å². The smallest absolute Gasteiger partial charge is 0.323 e. The minimum absolute atomic E-state index is 0.150. The van der Waals surface area contributed by atoms with E-state index in [1.165, 1.54) is 0 Å². The molecule has 0 saturated carbocycles. The lowest BCUT2D eigenvalue weighted by molar-refractivity contribution is 0.0949. The first-order valence-electron chi connectivity index (χ1n) is 13.0. The Morgan fingerprint density at radius 3 is 2.11 bits per heavy atom. The van der Waals surface area contributed by atoms with Crippen LogP contribution >= 0.6 is 0 Å². The van der Waals surface area contributed by atoms with Crippen LogP contribution < -0.4 is 30.5 Å². The number of benzene rings is 3. The van der Waals surface area contributed by atoms with Gasteiger partial charge in [-0.15, -0.1) is 0 Å². The summed E-state index contributed by atoms with van der Waals surface area (Å²) in [6.07, 6.45) is 0. The Kier molecular flexibility index (Phi) is 8.73. The van der Waals surface area contributed by atoms with Crippen LogP contribution in [0.25, 0.3) is 0 Å². The van der Waals surface area contributed by atoms with Gasteiger partial charge in [-0.2, -0.15) is 0 Å². The Balaban J connectivity index is 1.50. The highest BCUT2D eigenvalue weighted by Gasteiger charge is 2.24. The molecule has 1 aliphatic rings. The predicted octanol–water partition coefficient (Wildman–Crippen LogP) is 5.36. The highest BCUT2D eigenvalue weighted by atomic mass is 16.5. The Morgan fingerprint density at radius 1 is 0.842 bits per heavy atom. The number of amides is 3. The monoisotopic (exact) mass is 515 g/mol. The molecule has 1 fully saturated rings. The molecule has 4 rings (SSSR count). The molecule has 1 heterocycles. The van der Waals surface area contributed by atoms with Crippen LogP contribution in [0.3, 0.4) is 0 Å². The van der Waals surface area contributed by atoms with E-state index < -0.39 is 0 Å². The van der Waals surface area contributed by atoms with E-state index in [4.69, 9.17) is 4.74 Å². The van der Waals surface area contributed by atoms with E-state index in [1.807, 2.05) is 61.5 Å². The van der Waals surface area contributed by atoms with E-state index in [-0.39, 0.29) is 11.9 Å². The molecule has 0 unspecified atom stereocenters. The number of anilines is 4. The van der Waals surface area contributed by atoms with Crippen molar-refractivity contribution in [2.45, 2.75) is 20.8 Å². The van der Waals surface area contributed by atoms with E-state index in [1.54, 1.807) is 13.2 Å².